The lowest BCUT2D eigenvalue weighted by Gasteiger charge is -2.23. The van der Waals surface area contributed by atoms with Crippen molar-refractivity contribution in [1.29, 1.82) is 0 Å². The highest BCUT2D eigenvalue weighted by Gasteiger charge is 2.21. The number of para-hydroxylation sites is 1. The van der Waals surface area contributed by atoms with Gasteiger partial charge in [0.15, 0.2) is 0 Å². The summed E-state index contributed by atoms with van der Waals surface area (Å²) < 4.78 is 0. The normalized spacial score (nSPS) is 15.2. The third kappa shape index (κ3) is 5.91. The van der Waals surface area contributed by atoms with Crippen molar-refractivity contribution in [2.75, 3.05) is 5.32 Å². The van der Waals surface area contributed by atoms with Gasteiger partial charge >= 0.3 is 0 Å². The summed E-state index contributed by atoms with van der Waals surface area (Å²) in [5.74, 6) is -0.544. The number of amides is 2. The highest BCUT2D eigenvalue weighted by Crippen LogP contribution is 2.31. The third-order valence-corrected chi connectivity index (χ3v) is 6.29. The molecule has 4 rings (SSSR count). The number of nitrogens with zero attached hydrogens (tertiary/aromatic N) is 2. The number of halogens is 1. The molecule has 178 valence electrons. The number of nitro groups is 1. The topological polar surface area (TPSA) is 114 Å². The molecule has 0 aliphatic heterocycles. The number of nitro benzene ring substituents is 1. The summed E-state index contributed by atoms with van der Waals surface area (Å²) in [6.45, 7) is 0. The minimum Gasteiger partial charge on any atom is -0.321 e. The van der Waals surface area contributed by atoms with Crippen LogP contribution >= 0.6 is 11.6 Å². The summed E-state index contributed by atoms with van der Waals surface area (Å²) >= 11 is 6.06. The van der Waals surface area contributed by atoms with Crippen molar-refractivity contribution >= 4 is 40.5 Å². The summed E-state index contributed by atoms with van der Waals surface area (Å²) in [4.78, 5) is 35.8. The number of hydrazone groups is 1. The van der Waals surface area contributed by atoms with Gasteiger partial charge in [-0.1, -0.05) is 54.1 Å². The third-order valence-electron chi connectivity index (χ3n) is 5.98. The Morgan fingerprint density at radius 2 is 1.60 bits per heavy atom. The summed E-state index contributed by atoms with van der Waals surface area (Å²) in [5.41, 5.74) is 5.22. The molecule has 3 aromatic rings. The van der Waals surface area contributed by atoms with Gasteiger partial charge in [-0.3, -0.25) is 19.7 Å². The number of carbonyl (C=O) groups excluding carboxylic acids is 2. The zero-order valence-corrected chi connectivity index (χ0v) is 19.5. The van der Waals surface area contributed by atoms with Crippen molar-refractivity contribution < 1.29 is 14.5 Å². The lowest BCUT2D eigenvalue weighted by atomic mass is 9.83. The van der Waals surface area contributed by atoms with Crippen molar-refractivity contribution in [2.45, 2.75) is 31.6 Å². The second kappa shape index (κ2) is 10.9. The van der Waals surface area contributed by atoms with Crippen LogP contribution in [0.15, 0.2) is 77.9 Å². The van der Waals surface area contributed by atoms with Gasteiger partial charge in [0.1, 0.15) is 0 Å². The Labute approximate surface area is 207 Å². The number of nitrogens with one attached hydrogen (secondary N) is 2. The average Bonchev–Trinajstić information content (AvgIpc) is 2.88. The van der Waals surface area contributed by atoms with E-state index in [0.29, 0.717) is 5.92 Å². The molecule has 0 heterocycles. The Kier molecular flexibility index (Phi) is 7.52. The largest absolute Gasteiger partial charge is 0.321 e. The van der Waals surface area contributed by atoms with E-state index in [1.165, 1.54) is 17.7 Å². The summed E-state index contributed by atoms with van der Waals surface area (Å²) in [6, 6.07) is 20.5. The van der Waals surface area contributed by atoms with Gasteiger partial charge in [-0.05, 0) is 55.4 Å². The SMILES string of the molecule is O=C(Nc1ccccc1C(=O)NN=C1CCC(c2ccccc2)CC1)c1ccc([N+](=O)[O-])cc1Cl. The van der Waals surface area contributed by atoms with Gasteiger partial charge in [0, 0.05) is 17.8 Å². The maximum Gasteiger partial charge on any atom is 0.273 e. The van der Waals surface area contributed by atoms with Crippen molar-refractivity contribution in [3.05, 3.63) is 105 Å². The molecule has 0 saturated heterocycles. The first-order valence-electron chi connectivity index (χ1n) is 11.2. The number of hydrogen-bond acceptors (Lipinski definition) is 5. The first-order chi connectivity index (χ1) is 16.9. The van der Waals surface area contributed by atoms with Crippen LogP contribution < -0.4 is 10.7 Å². The predicted octanol–water partition coefficient (Wildman–Crippen LogP) is 5.94. The van der Waals surface area contributed by atoms with E-state index in [4.69, 9.17) is 11.6 Å². The number of rotatable bonds is 6. The van der Waals surface area contributed by atoms with E-state index in [1.807, 2.05) is 18.2 Å². The molecule has 0 atom stereocenters. The molecule has 2 N–H and O–H groups in total. The Bertz CT molecular complexity index is 1280. The van der Waals surface area contributed by atoms with E-state index in [9.17, 15) is 19.7 Å². The first kappa shape index (κ1) is 24.1. The molecule has 0 radical (unpaired) electrons. The van der Waals surface area contributed by atoms with E-state index in [2.05, 4.69) is 28.0 Å². The van der Waals surface area contributed by atoms with Crippen LogP contribution in [0.5, 0.6) is 0 Å². The van der Waals surface area contributed by atoms with Crippen LogP contribution in [-0.2, 0) is 0 Å². The zero-order chi connectivity index (χ0) is 24.8. The molecule has 1 aliphatic rings. The molecular formula is C26H23ClN4O4. The quantitative estimate of drug-likeness (QED) is 0.328. The molecule has 0 spiro atoms. The summed E-state index contributed by atoms with van der Waals surface area (Å²) in [5, 5.41) is 17.8. The molecular weight excluding hydrogens is 468 g/mol. The van der Waals surface area contributed by atoms with Gasteiger partial charge in [-0.15, -0.1) is 0 Å². The molecule has 1 aliphatic carbocycles. The summed E-state index contributed by atoms with van der Waals surface area (Å²) in [6.07, 6.45) is 3.55. The number of hydrogen-bond donors (Lipinski definition) is 2. The summed E-state index contributed by atoms with van der Waals surface area (Å²) in [7, 11) is 0. The minimum absolute atomic E-state index is 0.0582. The molecule has 0 aromatic heterocycles. The Balaban J connectivity index is 1.40. The molecule has 35 heavy (non-hydrogen) atoms. The van der Waals surface area contributed by atoms with Crippen molar-refractivity contribution in [3.8, 4) is 0 Å². The lowest BCUT2D eigenvalue weighted by Crippen LogP contribution is -2.24. The Hall–Kier alpha value is -4.04. The second-order valence-corrected chi connectivity index (χ2v) is 8.63. The van der Waals surface area contributed by atoms with Gasteiger partial charge in [0.2, 0.25) is 0 Å². The number of carbonyl (C=O) groups is 2. The maximum absolute atomic E-state index is 12.8. The highest BCUT2D eigenvalue weighted by molar-refractivity contribution is 6.34. The predicted molar refractivity (Wildman–Crippen MR) is 135 cm³/mol. The van der Waals surface area contributed by atoms with Gasteiger partial charge in [-0.25, -0.2) is 5.43 Å². The average molecular weight is 491 g/mol. The zero-order valence-electron chi connectivity index (χ0n) is 18.7. The van der Waals surface area contributed by atoms with Gasteiger partial charge in [-0.2, -0.15) is 5.10 Å². The van der Waals surface area contributed by atoms with Crippen LogP contribution in [0.25, 0.3) is 0 Å². The first-order valence-corrected chi connectivity index (χ1v) is 11.5. The molecule has 8 nitrogen and oxygen atoms in total. The van der Waals surface area contributed by atoms with E-state index in [1.54, 1.807) is 24.3 Å². The van der Waals surface area contributed by atoms with Crippen LogP contribution in [0.3, 0.4) is 0 Å². The number of anilines is 1. The molecule has 1 saturated carbocycles. The van der Waals surface area contributed by atoms with E-state index >= 15 is 0 Å². The highest BCUT2D eigenvalue weighted by atomic mass is 35.5. The fourth-order valence-electron chi connectivity index (χ4n) is 4.09. The van der Waals surface area contributed by atoms with E-state index in [0.717, 1.165) is 37.5 Å². The second-order valence-electron chi connectivity index (χ2n) is 8.22. The minimum atomic E-state index is -0.594. The smallest absolute Gasteiger partial charge is 0.273 e. The maximum atomic E-state index is 12.8. The monoisotopic (exact) mass is 490 g/mol. The molecule has 1 fully saturated rings. The van der Waals surface area contributed by atoms with Gasteiger partial charge in [0.25, 0.3) is 17.5 Å². The van der Waals surface area contributed by atoms with Crippen LogP contribution in [-0.4, -0.2) is 22.4 Å². The Morgan fingerprint density at radius 3 is 2.29 bits per heavy atom. The number of non-ortho nitro benzene ring substituents is 1. The molecule has 0 bridgehead atoms. The van der Waals surface area contributed by atoms with E-state index in [-0.39, 0.29) is 27.5 Å². The van der Waals surface area contributed by atoms with E-state index < -0.39 is 16.7 Å². The molecule has 0 unspecified atom stereocenters. The van der Waals surface area contributed by atoms with Gasteiger partial charge < -0.3 is 5.32 Å². The number of benzene rings is 3. The van der Waals surface area contributed by atoms with Crippen LogP contribution in [0.1, 0.15) is 57.9 Å². The molecule has 9 heteroatoms. The van der Waals surface area contributed by atoms with Crippen LogP contribution in [0, 0.1) is 10.1 Å². The van der Waals surface area contributed by atoms with Crippen molar-refractivity contribution in [3.63, 3.8) is 0 Å². The fraction of sp³-hybridized carbons (Fsp3) is 0.192. The fourth-order valence-corrected chi connectivity index (χ4v) is 4.35. The standard InChI is InChI=1S/C26H23ClN4O4/c27-23-16-20(31(34)35)14-15-21(23)25(32)28-24-9-5-4-8-22(24)26(33)30-29-19-12-10-18(11-13-19)17-6-2-1-3-7-17/h1-9,14-16,18H,10-13H2,(H,28,32)(H,30,33). The molecule has 2 amide bonds. The van der Waals surface area contributed by atoms with Crippen molar-refractivity contribution in [1.82, 2.24) is 5.43 Å². The Morgan fingerprint density at radius 1 is 0.914 bits per heavy atom. The van der Waals surface area contributed by atoms with Gasteiger partial charge in [0.05, 0.1) is 26.8 Å². The molecule has 3 aromatic carbocycles. The van der Waals surface area contributed by atoms with Crippen LogP contribution in [0.4, 0.5) is 11.4 Å². The van der Waals surface area contributed by atoms with Crippen LogP contribution in [0.2, 0.25) is 5.02 Å². The van der Waals surface area contributed by atoms with Crippen molar-refractivity contribution in [2.24, 2.45) is 5.10 Å². The lowest BCUT2D eigenvalue weighted by molar-refractivity contribution is -0.384.